The Labute approximate surface area is 110 Å². The first-order chi connectivity index (χ1) is 9.08. The largest absolute Gasteiger partial charge is 0.423 e. The topological polar surface area (TPSA) is 96.4 Å². The van der Waals surface area contributed by atoms with Crippen LogP contribution in [0.3, 0.4) is 0 Å². The normalized spacial score (nSPS) is 10.4. The second-order valence-corrected chi connectivity index (χ2v) is 4.27. The van der Waals surface area contributed by atoms with Crippen LogP contribution in [0.15, 0.2) is 22.6 Å². The summed E-state index contributed by atoms with van der Waals surface area (Å²) in [4.78, 5) is 17.0. The number of rotatable bonds is 4. The molecule has 0 unspecified atom stereocenters. The van der Waals surface area contributed by atoms with Crippen LogP contribution < -0.4 is 16.4 Å². The SMILES string of the molecule is CN(C)C(=O)NCCNc1nc2c(N)cccc2o1. The van der Waals surface area contributed by atoms with Crippen LogP contribution in [0.5, 0.6) is 0 Å². The molecule has 102 valence electrons. The van der Waals surface area contributed by atoms with Gasteiger partial charge in [0, 0.05) is 27.2 Å². The number of nitrogens with zero attached hydrogens (tertiary/aromatic N) is 2. The van der Waals surface area contributed by atoms with Crippen LogP contribution in [0, 0.1) is 0 Å². The monoisotopic (exact) mass is 263 g/mol. The summed E-state index contributed by atoms with van der Waals surface area (Å²) in [5, 5.41) is 5.72. The van der Waals surface area contributed by atoms with E-state index in [1.807, 2.05) is 6.07 Å². The highest BCUT2D eigenvalue weighted by molar-refractivity contribution is 5.86. The van der Waals surface area contributed by atoms with Crippen LogP contribution in [0.25, 0.3) is 11.1 Å². The quantitative estimate of drug-likeness (QED) is 0.567. The van der Waals surface area contributed by atoms with E-state index in [1.165, 1.54) is 4.90 Å². The molecule has 0 fully saturated rings. The standard InChI is InChI=1S/C12H17N5O2/c1-17(2)12(18)15-7-6-14-11-16-10-8(13)4-3-5-9(10)19-11/h3-5H,6-7,13H2,1-2H3,(H,14,16)(H,15,18). The van der Waals surface area contributed by atoms with E-state index >= 15 is 0 Å². The number of hydrogen-bond donors (Lipinski definition) is 3. The van der Waals surface area contributed by atoms with Crippen molar-refractivity contribution in [1.29, 1.82) is 0 Å². The lowest BCUT2D eigenvalue weighted by Crippen LogP contribution is -2.37. The molecule has 0 bridgehead atoms. The molecule has 19 heavy (non-hydrogen) atoms. The summed E-state index contributed by atoms with van der Waals surface area (Å²) in [6.07, 6.45) is 0. The van der Waals surface area contributed by atoms with Gasteiger partial charge in [-0.15, -0.1) is 0 Å². The third-order valence-electron chi connectivity index (χ3n) is 2.53. The number of oxazole rings is 1. The fraction of sp³-hybridized carbons (Fsp3) is 0.333. The summed E-state index contributed by atoms with van der Waals surface area (Å²) < 4.78 is 5.48. The minimum Gasteiger partial charge on any atom is -0.423 e. The van der Waals surface area contributed by atoms with Crippen molar-refractivity contribution in [3.05, 3.63) is 18.2 Å². The summed E-state index contributed by atoms with van der Waals surface area (Å²) in [6, 6.07) is 5.64. The Hall–Kier alpha value is -2.44. The number of fused-ring (bicyclic) bond motifs is 1. The van der Waals surface area contributed by atoms with E-state index in [4.69, 9.17) is 10.2 Å². The van der Waals surface area contributed by atoms with E-state index in [0.717, 1.165) is 0 Å². The van der Waals surface area contributed by atoms with Gasteiger partial charge in [0.15, 0.2) is 5.58 Å². The summed E-state index contributed by atoms with van der Waals surface area (Å²) >= 11 is 0. The van der Waals surface area contributed by atoms with Crippen LogP contribution in [0.4, 0.5) is 16.5 Å². The number of para-hydroxylation sites is 1. The molecule has 0 saturated heterocycles. The molecule has 0 saturated carbocycles. The minimum atomic E-state index is -0.136. The second kappa shape index (κ2) is 5.47. The Morgan fingerprint density at radius 2 is 2.21 bits per heavy atom. The highest BCUT2D eigenvalue weighted by Gasteiger charge is 2.07. The van der Waals surface area contributed by atoms with Gasteiger partial charge >= 0.3 is 6.03 Å². The summed E-state index contributed by atoms with van der Waals surface area (Å²) in [5.41, 5.74) is 7.64. The average Bonchev–Trinajstić information content (AvgIpc) is 2.78. The first-order valence-electron chi connectivity index (χ1n) is 5.92. The van der Waals surface area contributed by atoms with Gasteiger partial charge in [-0.05, 0) is 12.1 Å². The number of carbonyl (C=O) groups excluding carboxylic acids is 1. The molecule has 4 N–H and O–H groups in total. The Morgan fingerprint density at radius 3 is 2.89 bits per heavy atom. The number of carbonyl (C=O) groups is 1. The van der Waals surface area contributed by atoms with Crippen LogP contribution in [0.2, 0.25) is 0 Å². The molecule has 1 heterocycles. The third-order valence-corrected chi connectivity index (χ3v) is 2.53. The number of nitrogen functional groups attached to an aromatic ring is 1. The number of anilines is 2. The van der Waals surface area contributed by atoms with E-state index in [1.54, 1.807) is 26.2 Å². The zero-order valence-electron chi connectivity index (χ0n) is 10.9. The fourth-order valence-electron chi connectivity index (χ4n) is 1.54. The predicted molar refractivity (Wildman–Crippen MR) is 74.0 cm³/mol. The molecule has 1 aromatic heterocycles. The molecule has 0 aliphatic rings. The van der Waals surface area contributed by atoms with Gasteiger partial charge in [0.25, 0.3) is 6.01 Å². The van der Waals surface area contributed by atoms with E-state index in [0.29, 0.717) is 35.9 Å². The lowest BCUT2D eigenvalue weighted by atomic mass is 10.3. The molecular weight excluding hydrogens is 246 g/mol. The number of nitrogens with two attached hydrogens (primary N) is 1. The van der Waals surface area contributed by atoms with Crippen molar-refractivity contribution >= 4 is 28.8 Å². The molecule has 0 spiro atoms. The predicted octanol–water partition coefficient (Wildman–Crippen LogP) is 1.09. The molecule has 0 aliphatic carbocycles. The van der Waals surface area contributed by atoms with Gasteiger partial charge in [-0.2, -0.15) is 4.98 Å². The number of nitrogens with one attached hydrogen (secondary N) is 2. The Morgan fingerprint density at radius 1 is 1.42 bits per heavy atom. The Balaban J connectivity index is 1.88. The average molecular weight is 263 g/mol. The van der Waals surface area contributed by atoms with Crippen LogP contribution in [0.1, 0.15) is 0 Å². The van der Waals surface area contributed by atoms with Crippen molar-refractivity contribution < 1.29 is 9.21 Å². The lowest BCUT2D eigenvalue weighted by Gasteiger charge is -2.11. The van der Waals surface area contributed by atoms with Gasteiger partial charge in [0.2, 0.25) is 0 Å². The molecule has 1 aromatic carbocycles. The molecule has 0 radical (unpaired) electrons. The number of amides is 2. The first-order valence-corrected chi connectivity index (χ1v) is 5.92. The summed E-state index contributed by atoms with van der Waals surface area (Å²) in [7, 11) is 3.37. The van der Waals surface area contributed by atoms with Crippen LogP contribution >= 0.6 is 0 Å². The number of benzene rings is 1. The van der Waals surface area contributed by atoms with Gasteiger partial charge in [0.1, 0.15) is 5.52 Å². The van der Waals surface area contributed by atoms with E-state index in [2.05, 4.69) is 15.6 Å². The van der Waals surface area contributed by atoms with Crippen molar-refractivity contribution in [2.24, 2.45) is 0 Å². The van der Waals surface area contributed by atoms with Gasteiger partial charge in [-0.3, -0.25) is 0 Å². The number of hydrogen-bond acceptors (Lipinski definition) is 5. The smallest absolute Gasteiger partial charge is 0.316 e. The zero-order valence-corrected chi connectivity index (χ0v) is 10.9. The van der Waals surface area contributed by atoms with Gasteiger partial charge in [-0.1, -0.05) is 6.07 Å². The molecule has 2 rings (SSSR count). The summed E-state index contributed by atoms with van der Waals surface area (Å²) in [5.74, 6) is 0. The summed E-state index contributed by atoms with van der Waals surface area (Å²) in [6.45, 7) is 0.998. The molecular formula is C12H17N5O2. The van der Waals surface area contributed by atoms with Gasteiger partial charge < -0.3 is 25.7 Å². The van der Waals surface area contributed by atoms with Crippen molar-refractivity contribution in [2.45, 2.75) is 0 Å². The molecule has 2 aromatic rings. The first kappa shape index (κ1) is 13.0. The Bertz CT molecular complexity index is 579. The minimum absolute atomic E-state index is 0.136. The highest BCUT2D eigenvalue weighted by Crippen LogP contribution is 2.23. The maximum atomic E-state index is 11.3. The molecule has 0 atom stereocenters. The molecule has 7 nitrogen and oxygen atoms in total. The maximum absolute atomic E-state index is 11.3. The van der Waals surface area contributed by atoms with Gasteiger partial charge in [-0.25, -0.2) is 4.79 Å². The Kier molecular flexibility index (Phi) is 3.74. The fourth-order valence-corrected chi connectivity index (χ4v) is 1.54. The van der Waals surface area contributed by atoms with Crippen molar-refractivity contribution in [3.8, 4) is 0 Å². The lowest BCUT2D eigenvalue weighted by molar-refractivity contribution is 0.218. The van der Waals surface area contributed by atoms with E-state index in [-0.39, 0.29) is 6.03 Å². The number of aromatic nitrogens is 1. The third kappa shape index (κ3) is 3.06. The molecule has 0 aliphatic heterocycles. The van der Waals surface area contributed by atoms with E-state index < -0.39 is 0 Å². The van der Waals surface area contributed by atoms with Crippen molar-refractivity contribution in [3.63, 3.8) is 0 Å². The number of urea groups is 1. The van der Waals surface area contributed by atoms with Crippen molar-refractivity contribution in [2.75, 3.05) is 38.2 Å². The van der Waals surface area contributed by atoms with Crippen LogP contribution in [-0.2, 0) is 0 Å². The zero-order chi connectivity index (χ0) is 13.8. The highest BCUT2D eigenvalue weighted by atomic mass is 16.4. The van der Waals surface area contributed by atoms with Crippen molar-refractivity contribution in [1.82, 2.24) is 15.2 Å². The second-order valence-electron chi connectivity index (χ2n) is 4.27. The van der Waals surface area contributed by atoms with E-state index in [9.17, 15) is 4.79 Å². The maximum Gasteiger partial charge on any atom is 0.316 e. The molecule has 2 amide bonds. The van der Waals surface area contributed by atoms with Crippen LogP contribution in [-0.4, -0.2) is 43.1 Å². The van der Waals surface area contributed by atoms with Gasteiger partial charge in [0.05, 0.1) is 5.69 Å². The molecule has 7 heteroatoms.